The van der Waals surface area contributed by atoms with Crippen LogP contribution in [0.2, 0.25) is 0 Å². The maximum Gasteiger partial charge on any atom is 0.243 e. The fourth-order valence-electron chi connectivity index (χ4n) is 4.02. The number of piperidine rings is 1. The first-order valence-corrected chi connectivity index (χ1v) is 12.8. The zero-order valence-electron chi connectivity index (χ0n) is 16.5. The number of thioether (sulfide) groups is 1. The van der Waals surface area contributed by atoms with E-state index in [4.69, 9.17) is 9.72 Å². The van der Waals surface area contributed by atoms with E-state index in [0.29, 0.717) is 24.1 Å². The van der Waals surface area contributed by atoms with Crippen molar-refractivity contribution in [3.05, 3.63) is 18.2 Å². The zero-order chi connectivity index (χ0) is 19.6. The molecule has 28 heavy (non-hydrogen) atoms. The van der Waals surface area contributed by atoms with E-state index in [0.717, 1.165) is 67.2 Å². The van der Waals surface area contributed by atoms with Crippen LogP contribution < -0.4 is 0 Å². The van der Waals surface area contributed by atoms with Gasteiger partial charge in [0.2, 0.25) is 10.0 Å². The second kappa shape index (κ2) is 8.73. The third-order valence-corrected chi connectivity index (χ3v) is 8.63. The number of fused-ring (bicyclic) bond motifs is 1. The largest absolute Gasteiger partial charge is 0.377 e. The molecule has 0 saturated carbocycles. The summed E-state index contributed by atoms with van der Waals surface area (Å²) in [7, 11) is -3.44. The normalized spacial score (nSPS) is 22.0. The van der Waals surface area contributed by atoms with Gasteiger partial charge in [0.1, 0.15) is 0 Å². The summed E-state index contributed by atoms with van der Waals surface area (Å²) >= 11 is 1.71. The van der Waals surface area contributed by atoms with Gasteiger partial charge in [0.15, 0.2) is 5.16 Å². The molecular weight excluding hydrogens is 394 g/mol. The van der Waals surface area contributed by atoms with Crippen molar-refractivity contribution in [1.29, 1.82) is 0 Å². The zero-order valence-corrected chi connectivity index (χ0v) is 18.1. The molecule has 0 spiro atoms. The van der Waals surface area contributed by atoms with Gasteiger partial charge in [-0.15, -0.1) is 0 Å². The van der Waals surface area contributed by atoms with E-state index in [2.05, 4.69) is 11.5 Å². The molecule has 1 atom stereocenters. The minimum Gasteiger partial charge on any atom is -0.377 e. The summed E-state index contributed by atoms with van der Waals surface area (Å²) in [4.78, 5) is 5.13. The minimum atomic E-state index is -3.44. The van der Waals surface area contributed by atoms with E-state index in [-0.39, 0.29) is 0 Å². The standard InChI is InChI=1S/C20H29N3O3S2/c1-2-23-19-10-9-17(28(24,25)22-11-5-3-6-12-22)14-18(19)21-20(23)27-15-16-8-4-7-13-26-16/h9-10,14,16H,2-8,11-13,15H2,1H3. The molecule has 0 amide bonds. The van der Waals surface area contributed by atoms with Crippen LogP contribution in [0.3, 0.4) is 0 Å². The number of hydrogen-bond acceptors (Lipinski definition) is 5. The first-order valence-electron chi connectivity index (χ1n) is 10.3. The summed E-state index contributed by atoms with van der Waals surface area (Å²) in [6.07, 6.45) is 6.77. The van der Waals surface area contributed by atoms with Crippen LogP contribution in [0.15, 0.2) is 28.3 Å². The number of sulfonamides is 1. The highest BCUT2D eigenvalue weighted by atomic mass is 32.2. The van der Waals surface area contributed by atoms with Crippen LogP contribution in [0.1, 0.15) is 45.4 Å². The van der Waals surface area contributed by atoms with Crippen molar-refractivity contribution < 1.29 is 13.2 Å². The van der Waals surface area contributed by atoms with Crippen LogP contribution in [0.25, 0.3) is 11.0 Å². The smallest absolute Gasteiger partial charge is 0.243 e. The predicted molar refractivity (Wildman–Crippen MR) is 112 cm³/mol. The van der Waals surface area contributed by atoms with Gasteiger partial charge in [-0.05, 0) is 57.2 Å². The molecule has 3 heterocycles. The highest BCUT2D eigenvalue weighted by molar-refractivity contribution is 7.99. The van der Waals surface area contributed by atoms with Crippen LogP contribution in [0.4, 0.5) is 0 Å². The van der Waals surface area contributed by atoms with E-state index >= 15 is 0 Å². The fourth-order valence-corrected chi connectivity index (χ4v) is 6.71. The van der Waals surface area contributed by atoms with Crippen molar-refractivity contribution in [3.63, 3.8) is 0 Å². The molecule has 1 aromatic carbocycles. The second-order valence-electron chi connectivity index (χ2n) is 7.55. The molecule has 2 saturated heterocycles. The predicted octanol–water partition coefficient (Wildman–Crippen LogP) is 3.89. The average molecular weight is 424 g/mol. The second-order valence-corrected chi connectivity index (χ2v) is 10.5. The summed E-state index contributed by atoms with van der Waals surface area (Å²) in [6.45, 7) is 4.99. The monoisotopic (exact) mass is 423 g/mol. The minimum absolute atomic E-state index is 0.291. The maximum atomic E-state index is 13.0. The first-order chi connectivity index (χ1) is 13.6. The lowest BCUT2D eigenvalue weighted by atomic mass is 10.1. The lowest BCUT2D eigenvalue weighted by Crippen LogP contribution is -2.35. The van der Waals surface area contributed by atoms with Crippen LogP contribution >= 0.6 is 11.8 Å². The van der Waals surface area contributed by atoms with E-state index in [1.807, 2.05) is 6.07 Å². The third-order valence-electron chi connectivity index (χ3n) is 5.63. The van der Waals surface area contributed by atoms with Gasteiger partial charge in [0.05, 0.1) is 22.0 Å². The Morgan fingerprint density at radius 2 is 2.00 bits per heavy atom. The summed E-state index contributed by atoms with van der Waals surface area (Å²) < 4.78 is 35.6. The SMILES string of the molecule is CCn1c(SCC2CCCCO2)nc2cc(S(=O)(=O)N3CCCCC3)ccc21. The number of imidazole rings is 1. The molecule has 1 aromatic heterocycles. The number of benzene rings is 1. The Kier molecular flexibility index (Phi) is 6.30. The van der Waals surface area contributed by atoms with Gasteiger partial charge in [-0.2, -0.15) is 4.31 Å². The molecule has 0 N–H and O–H groups in total. The number of aryl methyl sites for hydroxylation is 1. The molecule has 1 unspecified atom stereocenters. The number of ether oxygens (including phenoxy) is 1. The molecule has 2 fully saturated rings. The highest BCUT2D eigenvalue weighted by Gasteiger charge is 2.27. The molecule has 4 rings (SSSR count). The molecule has 154 valence electrons. The lowest BCUT2D eigenvalue weighted by molar-refractivity contribution is 0.0315. The van der Waals surface area contributed by atoms with E-state index in [1.54, 1.807) is 28.2 Å². The summed E-state index contributed by atoms with van der Waals surface area (Å²) in [5.41, 5.74) is 1.75. The fraction of sp³-hybridized carbons (Fsp3) is 0.650. The van der Waals surface area contributed by atoms with Crippen LogP contribution in [-0.2, 0) is 21.3 Å². The van der Waals surface area contributed by atoms with Gasteiger partial charge in [0, 0.05) is 32.0 Å². The molecule has 0 bridgehead atoms. The number of rotatable bonds is 6. The third kappa shape index (κ3) is 4.10. The van der Waals surface area contributed by atoms with Crippen LogP contribution in [0, 0.1) is 0 Å². The molecule has 8 heteroatoms. The Hall–Kier alpha value is -1.09. The Morgan fingerprint density at radius 1 is 1.18 bits per heavy atom. The summed E-state index contributed by atoms with van der Waals surface area (Å²) in [5.74, 6) is 0.891. The van der Waals surface area contributed by atoms with Crippen LogP contribution in [-0.4, -0.2) is 53.8 Å². The average Bonchev–Trinajstić information content (AvgIpc) is 3.10. The van der Waals surface area contributed by atoms with Gasteiger partial charge >= 0.3 is 0 Å². The van der Waals surface area contributed by atoms with Gasteiger partial charge < -0.3 is 9.30 Å². The highest BCUT2D eigenvalue weighted by Crippen LogP contribution is 2.29. The van der Waals surface area contributed by atoms with E-state index in [9.17, 15) is 8.42 Å². The molecule has 0 aliphatic carbocycles. The lowest BCUT2D eigenvalue weighted by Gasteiger charge is -2.25. The van der Waals surface area contributed by atoms with Crippen molar-refractivity contribution in [1.82, 2.24) is 13.9 Å². The Morgan fingerprint density at radius 3 is 2.71 bits per heavy atom. The van der Waals surface area contributed by atoms with E-state index in [1.165, 1.54) is 6.42 Å². The summed E-state index contributed by atoms with van der Waals surface area (Å²) in [6, 6.07) is 5.38. The quantitative estimate of drug-likeness (QED) is 0.660. The van der Waals surface area contributed by atoms with Crippen molar-refractivity contribution in [3.8, 4) is 0 Å². The first kappa shape index (κ1) is 20.2. The van der Waals surface area contributed by atoms with Gasteiger partial charge in [-0.3, -0.25) is 0 Å². The van der Waals surface area contributed by atoms with Gasteiger partial charge in [0.25, 0.3) is 0 Å². The summed E-state index contributed by atoms with van der Waals surface area (Å²) in [5, 5.41) is 0.944. The van der Waals surface area contributed by atoms with Gasteiger partial charge in [-0.25, -0.2) is 13.4 Å². The molecular formula is C20H29N3O3S2. The number of aromatic nitrogens is 2. The van der Waals surface area contributed by atoms with Crippen molar-refractivity contribution in [2.24, 2.45) is 0 Å². The number of nitrogens with zero attached hydrogens (tertiary/aromatic N) is 3. The molecule has 2 aromatic rings. The Bertz CT molecular complexity index is 914. The number of hydrogen-bond donors (Lipinski definition) is 0. The Balaban J connectivity index is 1.58. The molecule has 2 aliphatic heterocycles. The van der Waals surface area contributed by atoms with Crippen molar-refractivity contribution in [2.45, 2.75) is 68.1 Å². The van der Waals surface area contributed by atoms with Crippen LogP contribution in [0.5, 0.6) is 0 Å². The van der Waals surface area contributed by atoms with Gasteiger partial charge in [-0.1, -0.05) is 18.2 Å². The Labute approximate surface area is 171 Å². The topological polar surface area (TPSA) is 64.4 Å². The van der Waals surface area contributed by atoms with E-state index < -0.39 is 10.0 Å². The van der Waals surface area contributed by atoms with Crippen molar-refractivity contribution in [2.75, 3.05) is 25.4 Å². The maximum absolute atomic E-state index is 13.0. The molecule has 2 aliphatic rings. The molecule has 6 nitrogen and oxygen atoms in total. The van der Waals surface area contributed by atoms with Crippen molar-refractivity contribution >= 4 is 32.8 Å². The molecule has 0 radical (unpaired) electrons.